The quantitative estimate of drug-likeness (QED) is 0.246. The first-order valence-electron chi connectivity index (χ1n) is 12.8. The summed E-state index contributed by atoms with van der Waals surface area (Å²) >= 11 is 5.72. The second-order valence-electron chi connectivity index (χ2n) is 9.64. The Labute approximate surface area is 231 Å². The van der Waals surface area contributed by atoms with Crippen molar-refractivity contribution in [3.8, 4) is 16.9 Å². The van der Waals surface area contributed by atoms with Crippen LogP contribution in [0.3, 0.4) is 0 Å². The van der Waals surface area contributed by atoms with Crippen LogP contribution in [0.15, 0.2) is 85.1 Å². The van der Waals surface area contributed by atoms with Crippen molar-refractivity contribution in [2.45, 2.75) is 38.6 Å². The van der Waals surface area contributed by atoms with Crippen LogP contribution in [0, 0.1) is 6.92 Å². The van der Waals surface area contributed by atoms with E-state index < -0.39 is 11.7 Å². The van der Waals surface area contributed by atoms with Gasteiger partial charge in [0, 0.05) is 37.0 Å². The predicted molar refractivity (Wildman–Crippen MR) is 151 cm³/mol. The van der Waals surface area contributed by atoms with Crippen LogP contribution in [0.5, 0.6) is 0 Å². The van der Waals surface area contributed by atoms with Crippen molar-refractivity contribution in [3.63, 3.8) is 0 Å². The van der Waals surface area contributed by atoms with Gasteiger partial charge in [-0.15, -0.1) is 0 Å². The first-order valence-corrected chi connectivity index (χ1v) is 13.2. The number of aryl methyl sites for hydroxylation is 1. The average molecular weight is 551 g/mol. The molecule has 39 heavy (non-hydrogen) atoms. The summed E-state index contributed by atoms with van der Waals surface area (Å²) in [6.45, 7) is 3.48. The molecule has 3 aromatic carbocycles. The molecule has 1 fully saturated rings. The van der Waals surface area contributed by atoms with Crippen LogP contribution in [0.2, 0.25) is 0 Å². The summed E-state index contributed by atoms with van der Waals surface area (Å²) in [4.78, 5) is 1.88. The van der Waals surface area contributed by atoms with E-state index in [0.29, 0.717) is 19.7 Å². The van der Waals surface area contributed by atoms with Crippen molar-refractivity contribution in [2.75, 3.05) is 18.5 Å². The molecule has 0 aliphatic carbocycles. The van der Waals surface area contributed by atoms with E-state index >= 15 is 0 Å². The fourth-order valence-corrected chi connectivity index (χ4v) is 4.93. The number of para-hydroxylation sites is 2. The van der Waals surface area contributed by atoms with Crippen molar-refractivity contribution in [1.82, 2.24) is 14.7 Å². The number of aromatic nitrogens is 2. The lowest BCUT2D eigenvalue weighted by atomic mass is 10.1. The number of halogens is 3. The Morgan fingerprint density at radius 1 is 1.05 bits per heavy atom. The molecular weight excluding hydrogens is 521 g/mol. The topological polar surface area (TPSA) is 42.3 Å². The molecule has 1 aromatic heterocycles. The van der Waals surface area contributed by atoms with Gasteiger partial charge in [-0.2, -0.15) is 18.3 Å². The lowest BCUT2D eigenvalue weighted by molar-refractivity contribution is -0.136. The second-order valence-corrected chi connectivity index (χ2v) is 10.0. The summed E-state index contributed by atoms with van der Waals surface area (Å²) in [6, 6.07) is 23.3. The molecule has 5 nitrogen and oxygen atoms in total. The Morgan fingerprint density at radius 2 is 1.77 bits per heavy atom. The van der Waals surface area contributed by atoms with E-state index in [1.807, 2.05) is 77.3 Å². The highest BCUT2D eigenvalue weighted by atomic mass is 32.1. The number of hydrogen-bond acceptors (Lipinski definition) is 3. The van der Waals surface area contributed by atoms with E-state index in [-0.39, 0.29) is 16.9 Å². The highest BCUT2D eigenvalue weighted by molar-refractivity contribution is 7.80. The van der Waals surface area contributed by atoms with Gasteiger partial charge in [-0.25, -0.2) is 4.68 Å². The smallest absolute Gasteiger partial charge is 0.376 e. The van der Waals surface area contributed by atoms with E-state index in [2.05, 4.69) is 5.32 Å². The SMILES string of the molecule is Cc1ccc(-c2nn(-c3ccccc3)cc2CN(C[C@H]2CCCO2)C(=S)Nc2ccccc2C(F)(F)F)cc1. The van der Waals surface area contributed by atoms with E-state index in [0.717, 1.165) is 47.0 Å². The molecule has 2 heterocycles. The van der Waals surface area contributed by atoms with Gasteiger partial charge in [0.2, 0.25) is 0 Å². The highest BCUT2D eigenvalue weighted by Gasteiger charge is 2.34. The number of hydrogen-bond donors (Lipinski definition) is 1. The average Bonchev–Trinajstić information content (AvgIpc) is 3.59. The van der Waals surface area contributed by atoms with Crippen molar-refractivity contribution in [2.24, 2.45) is 0 Å². The van der Waals surface area contributed by atoms with E-state index in [4.69, 9.17) is 22.1 Å². The lowest BCUT2D eigenvalue weighted by Gasteiger charge is -2.29. The molecule has 0 bridgehead atoms. The van der Waals surface area contributed by atoms with E-state index in [9.17, 15) is 13.2 Å². The number of benzene rings is 3. The Balaban J connectivity index is 1.50. The molecule has 5 rings (SSSR count). The van der Waals surface area contributed by atoms with Gasteiger partial charge in [0.25, 0.3) is 0 Å². The van der Waals surface area contributed by atoms with Crippen LogP contribution in [-0.4, -0.2) is 39.0 Å². The molecule has 1 N–H and O–H groups in total. The van der Waals surface area contributed by atoms with Crippen molar-refractivity contribution < 1.29 is 17.9 Å². The molecule has 1 aliphatic rings. The number of alkyl halides is 3. The fraction of sp³-hybridized carbons (Fsp3) is 0.267. The molecule has 0 saturated carbocycles. The molecule has 0 spiro atoms. The van der Waals surface area contributed by atoms with Gasteiger partial charge >= 0.3 is 6.18 Å². The lowest BCUT2D eigenvalue weighted by Crippen LogP contribution is -2.39. The summed E-state index contributed by atoms with van der Waals surface area (Å²) < 4.78 is 48.7. The van der Waals surface area contributed by atoms with Gasteiger partial charge in [-0.05, 0) is 56.2 Å². The summed E-state index contributed by atoms with van der Waals surface area (Å²) in [5, 5.41) is 7.97. The Bertz CT molecular complexity index is 1410. The largest absolute Gasteiger partial charge is 0.418 e. The van der Waals surface area contributed by atoms with Gasteiger partial charge < -0.3 is 15.0 Å². The highest BCUT2D eigenvalue weighted by Crippen LogP contribution is 2.35. The zero-order chi connectivity index (χ0) is 27.4. The second kappa shape index (κ2) is 11.6. The summed E-state index contributed by atoms with van der Waals surface area (Å²) in [5.74, 6) is 0. The van der Waals surface area contributed by atoms with Crippen molar-refractivity contribution in [1.29, 1.82) is 0 Å². The van der Waals surface area contributed by atoms with Crippen LogP contribution in [0.1, 0.15) is 29.5 Å². The predicted octanol–water partition coefficient (Wildman–Crippen LogP) is 7.24. The molecule has 0 radical (unpaired) electrons. The maximum Gasteiger partial charge on any atom is 0.418 e. The van der Waals surface area contributed by atoms with Crippen LogP contribution in [-0.2, 0) is 17.5 Å². The monoisotopic (exact) mass is 550 g/mol. The Hall–Kier alpha value is -3.69. The number of nitrogens with zero attached hydrogens (tertiary/aromatic N) is 3. The van der Waals surface area contributed by atoms with Gasteiger partial charge in [0.15, 0.2) is 5.11 Å². The zero-order valence-electron chi connectivity index (χ0n) is 21.5. The summed E-state index contributed by atoms with van der Waals surface area (Å²) in [5.41, 5.74) is 3.83. The minimum absolute atomic E-state index is 0.0606. The van der Waals surface area contributed by atoms with Crippen molar-refractivity contribution >= 4 is 23.0 Å². The van der Waals surface area contributed by atoms with Crippen LogP contribution < -0.4 is 5.32 Å². The first kappa shape index (κ1) is 26.9. The zero-order valence-corrected chi connectivity index (χ0v) is 22.3. The minimum atomic E-state index is -4.51. The van der Waals surface area contributed by atoms with Gasteiger partial charge in [0.05, 0.1) is 28.7 Å². The maximum absolute atomic E-state index is 13.7. The number of nitrogens with one attached hydrogen (secondary N) is 1. The molecule has 0 amide bonds. The third-order valence-electron chi connectivity index (χ3n) is 6.71. The number of ether oxygens (including phenoxy) is 1. The van der Waals surface area contributed by atoms with Gasteiger partial charge in [-0.3, -0.25) is 0 Å². The third-order valence-corrected chi connectivity index (χ3v) is 7.07. The summed E-state index contributed by atoms with van der Waals surface area (Å²) in [7, 11) is 0. The first-order chi connectivity index (χ1) is 18.8. The van der Waals surface area contributed by atoms with Crippen LogP contribution >= 0.6 is 12.2 Å². The molecule has 202 valence electrons. The standard InChI is InChI=1S/C30H29F3N4OS/c1-21-13-15-22(16-14-21)28-23(19-37(35-28)24-8-3-2-4-9-24)18-36(20-25-10-7-17-38-25)29(39)34-27-12-6-5-11-26(27)30(31,32)33/h2-6,8-9,11-16,19,25H,7,10,17-18,20H2,1H3,(H,34,39)/t25-/m1/s1. The van der Waals surface area contributed by atoms with Crippen LogP contribution in [0.25, 0.3) is 16.9 Å². The summed E-state index contributed by atoms with van der Waals surface area (Å²) in [6.07, 6.45) is -0.801. The number of rotatable bonds is 7. The van der Waals surface area contributed by atoms with Gasteiger partial charge in [-0.1, -0.05) is 60.2 Å². The van der Waals surface area contributed by atoms with E-state index in [1.165, 1.54) is 12.1 Å². The Kier molecular flexibility index (Phi) is 7.99. The van der Waals surface area contributed by atoms with E-state index in [1.54, 1.807) is 6.07 Å². The molecule has 4 aromatic rings. The minimum Gasteiger partial charge on any atom is -0.376 e. The van der Waals surface area contributed by atoms with Crippen LogP contribution in [0.4, 0.5) is 18.9 Å². The third kappa shape index (κ3) is 6.49. The molecule has 1 saturated heterocycles. The molecule has 9 heteroatoms. The molecular formula is C30H29F3N4OS. The maximum atomic E-state index is 13.7. The van der Waals surface area contributed by atoms with Gasteiger partial charge in [0.1, 0.15) is 0 Å². The molecule has 0 unspecified atom stereocenters. The molecule has 1 aliphatic heterocycles. The molecule has 1 atom stereocenters. The number of anilines is 1. The van der Waals surface area contributed by atoms with Crippen molar-refractivity contribution in [3.05, 3.63) is 102 Å². The normalized spacial score (nSPS) is 15.3. The Morgan fingerprint density at radius 3 is 2.46 bits per heavy atom. The number of thiocarbonyl (C=S) groups is 1. The fourth-order valence-electron chi connectivity index (χ4n) is 4.69.